The Bertz CT molecular complexity index is 633. The van der Waals surface area contributed by atoms with Gasteiger partial charge in [0.2, 0.25) is 10.0 Å². The molecule has 0 bridgehead atoms. The maximum Gasteiger partial charge on any atom is 0.243 e. The highest BCUT2D eigenvalue weighted by Gasteiger charge is 2.32. The molecule has 1 saturated heterocycles. The summed E-state index contributed by atoms with van der Waals surface area (Å²) in [7, 11) is -1.58. The molecule has 0 amide bonds. The molecule has 1 aromatic carbocycles. The largest absolute Gasteiger partial charge is 0.398 e. The normalized spacial score (nSPS) is 22.2. The van der Waals surface area contributed by atoms with Gasteiger partial charge in [0.05, 0.1) is 4.90 Å². The predicted octanol–water partition coefficient (Wildman–Crippen LogP) is 1.95. The van der Waals surface area contributed by atoms with Gasteiger partial charge in [0.25, 0.3) is 0 Å². The fourth-order valence-corrected chi connectivity index (χ4v) is 5.01. The summed E-state index contributed by atoms with van der Waals surface area (Å²) in [5, 5.41) is 0.344. The predicted molar refractivity (Wildman–Crippen MR) is 86.1 cm³/mol. The highest BCUT2D eigenvalue weighted by molar-refractivity contribution is 7.89. The zero-order valence-electron chi connectivity index (χ0n) is 12.6. The summed E-state index contributed by atoms with van der Waals surface area (Å²) in [5.41, 5.74) is 6.82. The number of hydrogen-bond donors (Lipinski definition) is 1. The number of sulfonamides is 1. The van der Waals surface area contributed by atoms with Crippen molar-refractivity contribution in [2.75, 3.05) is 32.4 Å². The Balaban J connectivity index is 2.46. The Kier molecular flexibility index (Phi) is 4.82. The van der Waals surface area contributed by atoms with Crippen molar-refractivity contribution in [3.05, 3.63) is 22.7 Å². The van der Waals surface area contributed by atoms with Crippen LogP contribution in [0.5, 0.6) is 0 Å². The van der Waals surface area contributed by atoms with Crippen LogP contribution in [0.1, 0.15) is 18.9 Å². The van der Waals surface area contributed by atoms with E-state index in [0.717, 1.165) is 13.0 Å². The van der Waals surface area contributed by atoms with Crippen LogP contribution < -0.4 is 5.73 Å². The third-order valence-corrected chi connectivity index (χ3v) is 6.30. The molecule has 1 aliphatic heterocycles. The van der Waals surface area contributed by atoms with Gasteiger partial charge in [0.15, 0.2) is 0 Å². The van der Waals surface area contributed by atoms with Gasteiger partial charge in [-0.3, -0.25) is 0 Å². The van der Waals surface area contributed by atoms with Gasteiger partial charge in [-0.25, -0.2) is 8.42 Å². The zero-order chi connectivity index (χ0) is 15.8. The molecule has 1 unspecified atom stereocenters. The minimum Gasteiger partial charge on any atom is -0.398 e. The Morgan fingerprint density at radius 1 is 1.33 bits per heavy atom. The maximum atomic E-state index is 13.0. The van der Waals surface area contributed by atoms with E-state index in [0.29, 0.717) is 29.4 Å². The Labute approximate surface area is 131 Å². The summed E-state index contributed by atoms with van der Waals surface area (Å²) in [6, 6.07) is 2.99. The second-order valence-electron chi connectivity index (χ2n) is 5.70. The molecule has 1 fully saturated rings. The first kappa shape index (κ1) is 16.5. The summed E-state index contributed by atoms with van der Waals surface area (Å²) >= 11 is 5.99. The summed E-state index contributed by atoms with van der Waals surface area (Å²) in [5.74, 6) is 0. The van der Waals surface area contributed by atoms with Gasteiger partial charge in [-0.05, 0) is 51.6 Å². The SMILES string of the molecule is Cc1c(N)cc(Cl)cc1S(=O)(=O)N1CCCN(C)CC1C. The fourth-order valence-electron chi connectivity index (χ4n) is 2.78. The van der Waals surface area contributed by atoms with Gasteiger partial charge >= 0.3 is 0 Å². The molecular weight excluding hydrogens is 310 g/mol. The molecule has 0 saturated carbocycles. The van der Waals surface area contributed by atoms with Crippen LogP contribution in [0.4, 0.5) is 5.69 Å². The number of nitrogens with two attached hydrogens (primary N) is 1. The lowest BCUT2D eigenvalue weighted by Crippen LogP contribution is -2.42. The topological polar surface area (TPSA) is 66.6 Å². The molecule has 1 atom stereocenters. The average molecular weight is 332 g/mol. The average Bonchev–Trinajstić information content (AvgIpc) is 2.54. The number of nitrogen functional groups attached to an aromatic ring is 1. The van der Waals surface area contributed by atoms with Crippen LogP contribution in [0, 0.1) is 6.92 Å². The summed E-state index contributed by atoms with van der Waals surface area (Å²) in [6.45, 7) is 5.77. The highest BCUT2D eigenvalue weighted by Crippen LogP contribution is 2.29. The van der Waals surface area contributed by atoms with E-state index in [-0.39, 0.29) is 10.9 Å². The summed E-state index contributed by atoms with van der Waals surface area (Å²) in [6.07, 6.45) is 0.815. The molecule has 2 rings (SSSR count). The number of likely N-dealkylation sites (N-methyl/N-ethyl adjacent to an activating group) is 1. The molecule has 1 aliphatic rings. The number of hydrogen-bond acceptors (Lipinski definition) is 4. The van der Waals surface area contributed by atoms with Crippen molar-refractivity contribution in [2.24, 2.45) is 0 Å². The quantitative estimate of drug-likeness (QED) is 0.841. The molecule has 21 heavy (non-hydrogen) atoms. The van der Waals surface area contributed by atoms with Gasteiger partial charge in [0.1, 0.15) is 0 Å². The number of nitrogens with zero attached hydrogens (tertiary/aromatic N) is 2. The van der Waals surface area contributed by atoms with E-state index in [4.69, 9.17) is 17.3 Å². The lowest BCUT2D eigenvalue weighted by Gasteiger charge is -2.28. The Morgan fingerprint density at radius 2 is 2.00 bits per heavy atom. The van der Waals surface area contributed by atoms with Crippen molar-refractivity contribution in [3.63, 3.8) is 0 Å². The lowest BCUT2D eigenvalue weighted by molar-refractivity contribution is 0.290. The van der Waals surface area contributed by atoms with E-state index in [1.54, 1.807) is 17.3 Å². The molecule has 2 N–H and O–H groups in total. The molecular formula is C14H22ClN3O2S. The molecule has 7 heteroatoms. The molecule has 0 radical (unpaired) electrons. The molecule has 1 heterocycles. The van der Waals surface area contributed by atoms with Gasteiger partial charge in [-0.2, -0.15) is 4.31 Å². The smallest absolute Gasteiger partial charge is 0.243 e. The van der Waals surface area contributed by atoms with Crippen LogP contribution in [0.15, 0.2) is 17.0 Å². The number of benzene rings is 1. The van der Waals surface area contributed by atoms with Crippen molar-refractivity contribution in [1.29, 1.82) is 0 Å². The third kappa shape index (κ3) is 3.34. The minimum absolute atomic E-state index is 0.0814. The number of anilines is 1. The maximum absolute atomic E-state index is 13.0. The Hall–Kier alpha value is -0.820. The van der Waals surface area contributed by atoms with E-state index in [9.17, 15) is 8.42 Å². The number of halogens is 1. The van der Waals surface area contributed by atoms with Crippen molar-refractivity contribution < 1.29 is 8.42 Å². The summed E-state index contributed by atoms with van der Waals surface area (Å²) < 4.78 is 27.5. The van der Waals surface area contributed by atoms with E-state index in [2.05, 4.69) is 4.90 Å². The van der Waals surface area contributed by atoms with Gasteiger partial charge in [-0.15, -0.1) is 0 Å². The second-order valence-corrected chi connectivity index (χ2v) is 7.99. The van der Waals surface area contributed by atoms with Crippen LogP contribution >= 0.6 is 11.6 Å². The minimum atomic E-state index is -3.59. The van der Waals surface area contributed by atoms with Crippen molar-refractivity contribution in [2.45, 2.75) is 31.2 Å². The summed E-state index contributed by atoms with van der Waals surface area (Å²) in [4.78, 5) is 2.36. The first-order valence-corrected chi connectivity index (χ1v) is 8.81. The first-order valence-electron chi connectivity index (χ1n) is 6.99. The highest BCUT2D eigenvalue weighted by atomic mass is 35.5. The number of rotatable bonds is 2. The van der Waals surface area contributed by atoms with Crippen LogP contribution in [0.3, 0.4) is 0 Å². The van der Waals surface area contributed by atoms with Gasteiger partial charge in [-0.1, -0.05) is 11.6 Å². The first-order chi connectivity index (χ1) is 9.73. The van der Waals surface area contributed by atoms with Crippen molar-refractivity contribution in [3.8, 4) is 0 Å². The van der Waals surface area contributed by atoms with Crippen LogP contribution in [0.2, 0.25) is 5.02 Å². The van der Waals surface area contributed by atoms with Gasteiger partial charge in [0, 0.05) is 29.8 Å². The monoisotopic (exact) mass is 331 g/mol. The fraction of sp³-hybridized carbons (Fsp3) is 0.571. The Morgan fingerprint density at radius 3 is 2.67 bits per heavy atom. The van der Waals surface area contributed by atoms with E-state index in [1.807, 2.05) is 14.0 Å². The van der Waals surface area contributed by atoms with E-state index in [1.165, 1.54) is 6.07 Å². The lowest BCUT2D eigenvalue weighted by atomic mass is 10.2. The molecule has 5 nitrogen and oxygen atoms in total. The molecule has 0 spiro atoms. The van der Waals surface area contributed by atoms with Crippen LogP contribution in [0.25, 0.3) is 0 Å². The molecule has 118 valence electrons. The van der Waals surface area contributed by atoms with Crippen LogP contribution in [-0.2, 0) is 10.0 Å². The van der Waals surface area contributed by atoms with E-state index >= 15 is 0 Å². The zero-order valence-corrected chi connectivity index (χ0v) is 14.2. The molecule has 0 aromatic heterocycles. The van der Waals surface area contributed by atoms with Gasteiger partial charge < -0.3 is 10.6 Å². The van der Waals surface area contributed by atoms with Crippen LogP contribution in [-0.4, -0.2) is 50.3 Å². The standard InChI is InChI=1S/C14H22ClN3O2S/c1-10-9-17(3)5-4-6-18(10)21(19,20)14-8-12(15)7-13(16)11(14)2/h7-8,10H,4-6,9,16H2,1-3H3. The second kappa shape index (κ2) is 6.12. The van der Waals surface area contributed by atoms with Crippen molar-refractivity contribution >= 4 is 27.3 Å². The molecule has 1 aromatic rings. The van der Waals surface area contributed by atoms with E-state index < -0.39 is 10.0 Å². The van der Waals surface area contributed by atoms with Crippen molar-refractivity contribution in [1.82, 2.24) is 9.21 Å². The third-order valence-electron chi connectivity index (χ3n) is 3.94. The molecule has 0 aliphatic carbocycles.